The van der Waals surface area contributed by atoms with Gasteiger partial charge in [0.05, 0.1) is 6.20 Å². The SMILES string of the molecule is CCCn1c(=O)[nH]c(=O)c2cn[nH]c21. The number of aromatic amines is 2. The van der Waals surface area contributed by atoms with Gasteiger partial charge in [-0.2, -0.15) is 5.10 Å². The van der Waals surface area contributed by atoms with Gasteiger partial charge in [-0.3, -0.25) is 19.4 Å². The van der Waals surface area contributed by atoms with Crippen LogP contribution in [-0.2, 0) is 6.54 Å². The summed E-state index contributed by atoms with van der Waals surface area (Å²) in [6.45, 7) is 2.52. The number of hydrogen-bond donors (Lipinski definition) is 2. The highest BCUT2D eigenvalue weighted by molar-refractivity contribution is 5.72. The molecule has 6 nitrogen and oxygen atoms in total. The van der Waals surface area contributed by atoms with Crippen LogP contribution in [0.4, 0.5) is 0 Å². The zero-order chi connectivity index (χ0) is 10.1. The Labute approximate surface area is 78.6 Å². The fourth-order valence-corrected chi connectivity index (χ4v) is 1.42. The van der Waals surface area contributed by atoms with Gasteiger partial charge in [0.15, 0.2) is 0 Å². The molecule has 2 aromatic rings. The monoisotopic (exact) mass is 194 g/mol. The number of hydrogen-bond acceptors (Lipinski definition) is 3. The maximum atomic E-state index is 11.4. The summed E-state index contributed by atoms with van der Waals surface area (Å²) in [5, 5.41) is 6.80. The summed E-state index contributed by atoms with van der Waals surface area (Å²) in [4.78, 5) is 24.9. The van der Waals surface area contributed by atoms with Gasteiger partial charge >= 0.3 is 5.69 Å². The minimum absolute atomic E-state index is 0.395. The van der Waals surface area contributed by atoms with Crippen LogP contribution in [0.5, 0.6) is 0 Å². The first-order valence-electron chi connectivity index (χ1n) is 4.40. The van der Waals surface area contributed by atoms with E-state index in [1.165, 1.54) is 10.8 Å². The summed E-state index contributed by atoms with van der Waals surface area (Å²) >= 11 is 0. The van der Waals surface area contributed by atoms with Gasteiger partial charge in [0.25, 0.3) is 5.56 Å². The molecule has 2 N–H and O–H groups in total. The summed E-state index contributed by atoms with van der Waals surface area (Å²) in [7, 11) is 0. The summed E-state index contributed by atoms with van der Waals surface area (Å²) < 4.78 is 1.48. The lowest BCUT2D eigenvalue weighted by atomic mass is 10.4. The van der Waals surface area contributed by atoms with Crippen molar-refractivity contribution in [3.8, 4) is 0 Å². The molecule has 0 bridgehead atoms. The van der Waals surface area contributed by atoms with Crippen LogP contribution >= 0.6 is 0 Å². The molecule has 0 saturated heterocycles. The third kappa shape index (κ3) is 1.15. The predicted molar refractivity (Wildman–Crippen MR) is 51.3 cm³/mol. The zero-order valence-electron chi connectivity index (χ0n) is 7.70. The van der Waals surface area contributed by atoms with Crippen molar-refractivity contribution in [2.75, 3.05) is 0 Å². The molecule has 0 radical (unpaired) electrons. The number of H-pyrrole nitrogens is 2. The number of fused-ring (bicyclic) bond motifs is 1. The largest absolute Gasteiger partial charge is 0.329 e. The summed E-state index contributed by atoms with van der Waals surface area (Å²) in [5.74, 6) is 0. The average Bonchev–Trinajstić information content (AvgIpc) is 2.60. The van der Waals surface area contributed by atoms with Crippen molar-refractivity contribution in [3.63, 3.8) is 0 Å². The van der Waals surface area contributed by atoms with Crippen molar-refractivity contribution in [1.82, 2.24) is 19.7 Å². The van der Waals surface area contributed by atoms with Crippen LogP contribution in [0.25, 0.3) is 11.0 Å². The molecule has 0 aromatic carbocycles. The molecule has 0 amide bonds. The van der Waals surface area contributed by atoms with E-state index < -0.39 is 11.2 Å². The van der Waals surface area contributed by atoms with Crippen molar-refractivity contribution in [3.05, 3.63) is 27.0 Å². The molecule has 2 heterocycles. The average molecular weight is 194 g/mol. The molecular weight excluding hydrogens is 184 g/mol. The lowest BCUT2D eigenvalue weighted by molar-refractivity contribution is 0.651. The Morgan fingerprint density at radius 3 is 3.00 bits per heavy atom. The van der Waals surface area contributed by atoms with Gasteiger partial charge < -0.3 is 0 Å². The van der Waals surface area contributed by atoms with E-state index in [1.807, 2.05) is 6.92 Å². The molecule has 2 rings (SSSR count). The van der Waals surface area contributed by atoms with Gasteiger partial charge in [0, 0.05) is 6.54 Å². The van der Waals surface area contributed by atoms with Crippen LogP contribution < -0.4 is 11.2 Å². The molecule has 0 aliphatic rings. The first-order chi connectivity index (χ1) is 6.74. The van der Waals surface area contributed by atoms with Crippen molar-refractivity contribution in [2.45, 2.75) is 19.9 Å². The molecule has 0 aliphatic carbocycles. The maximum Gasteiger partial charge on any atom is 0.329 e. The smallest absolute Gasteiger partial charge is 0.278 e. The summed E-state index contributed by atoms with van der Waals surface area (Å²) in [6.07, 6.45) is 2.24. The maximum absolute atomic E-state index is 11.4. The second-order valence-corrected chi connectivity index (χ2v) is 3.04. The van der Waals surface area contributed by atoms with Crippen LogP contribution in [0.2, 0.25) is 0 Å². The Balaban J connectivity index is 2.86. The predicted octanol–water partition coefficient (Wildman–Crippen LogP) is -0.177. The molecule has 6 heteroatoms. The number of aromatic nitrogens is 4. The minimum atomic E-state index is -0.397. The molecule has 14 heavy (non-hydrogen) atoms. The highest BCUT2D eigenvalue weighted by Gasteiger charge is 2.07. The number of aryl methyl sites for hydroxylation is 1. The van der Waals surface area contributed by atoms with Gasteiger partial charge in [-0.25, -0.2) is 4.79 Å². The normalized spacial score (nSPS) is 10.9. The molecule has 0 aliphatic heterocycles. The van der Waals surface area contributed by atoms with Crippen LogP contribution in [0.3, 0.4) is 0 Å². The fraction of sp³-hybridized carbons (Fsp3) is 0.375. The minimum Gasteiger partial charge on any atom is -0.278 e. The Hall–Kier alpha value is -1.85. The highest BCUT2D eigenvalue weighted by atomic mass is 16.2. The van der Waals surface area contributed by atoms with Crippen LogP contribution in [0.15, 0.2) is 15.8 Å². The van der Waals surface area contributed by atoms with Crippen LogP contribution in [0, 0.1) is 0 Å². The Morgan fingerprint density at radius 2 is 2.29 bits per heavy atom. The van der Waals surface area contributed by atoms with E-state index in [4.69, 9.17) is 0 Å². The Kier molecular flexibility index (Phi) is 1.95. The van der Waals surface area contributed by atoms with Crippen molar-refractivity contribution < 1.29 is 0 Å². The molecule has 0 atom stereocenters. The molecule has 2 aromatic heterocycles. The van der Waals surface area contributed by atoms with Gasteiger partial charge in [0.1, 0.15) is 11.0 Å². The highest BCUT2D eigenvalue weighted by Crippen LogP contribution is 2.01. The van der Waals surface area contributed by atoms with E-state index in [1.54, 1.807) is 0 Å². The van der Waals surface area contributed by atoms with E-state index in [0.717, 1.165) is 6.42 Å². The first kappa shape index (κ1) is 8.74. The third-order valence-corrected chi connectivity index (χ3v) is 2.05. The van der Waals surface area contributed by atoms with Gasteiger partial charge in [-0.1, -0.05) is 6.92 Å². The van der Waals surface area contributed by atoms with Crippen molar-refractivity contribution >= 4 is 11.0 Å². The Morgan fingerprint density at radius 1 is 1.50 bits per heavy atom. The van der Waals surface area contributed by atoms with E-state index >= 15 is 0 Å². The van der Waals surface area contributed by atoms with Gasteiger partial charge in [-0.05, 0) is 6.42 Å². The quantitative estimate of drug-likeness (QED) is 0.695. The summed E-state index contributed by atoms with van der Waals surface area (Å²) in [6, 6.07) is 0. The standard InChI is InChI=1S/C8H10N4O2/c1-2-3-12-6-5(4-9-11-6)7(13)10-8(12)14/h4H,2-3H2,1H3,(H,9,11)(H,10,13,14). The van der Waals surface area contributed by atoms with Gasteiger partial charge in [0.2, 0.25) is 0 Å². The second-order valence-electron chi connectivity index (χ2n) is 3.04. The zero-order valence-corrected chi connectivity index (χ0v) is 7.70. The Bertz CT molecular complexity index is 562. The van der Waals surface area contributed by atoms with E-state index in [2.05, 4.69) is 15.2 Å². The number of nitrogens with zero attached hydrogens (tertiary/aromatic N) is 2. The molecule has 0 fully saturated rings. The number of nitrogens with one attached hydrogen (secondary N) is 2. The van der Waals surface area contributed by atoms with E-state index in [9.17, 15) is 9.59 Å². The fourth-order valence-electron chi connectivity index (χ4n) is 1.42. The topological polar surface area (TPSA) is 83.5 Å². The van der Waals surface area contributed by atoms with E-state index in [-0.39, 0.29) is 0 Å². The second kappa shape index (κ2) is 3.13. The lowest BCUT2D eigenvalue weighted by Gasteiger charge is -2.02. The van der Waals surface area contributed by atoms with Crippen LogP contribution in [-0.4, -0.2) is 19.7 Å². The molecular formula is C8H10N4O2. The molecule has 74 valence electrons. The number of rotatable bonds is 2. The van der Waals surface area contributed by atoms with E-state index in [0.29, 0.717) is 17.6 Å². The first-order valence-corrected chi connectivity index (χ1v) is 4.40. The molecule has 0 unspecified atom stereocenters. The molecule has 0 spiro atoms. The van der Waals surface area contributed by atoms with Crippen molar-refractivity contribution in [1.29, 1.82) is 0 Å². The van der Waals surface area contributed by atoms with Crippen molar-refractivity contribution in [2.24, 2.45) is 0 Å². The lowest BCUT2D eigenvalue weighted by Crippen LogP contribution is -2.30. The molecule has 0 saturated carbocycles. The third-order valence-electron chi connectivity index (χ3n) is 2.05. The van der Waals surface area contributed by atoms with Gasteiger partial charge in [-0.15, -0.1) is 0 Å². The van der Waals surface area contributed by atoms with Crippen LogP contribution in [0.1, 0.15) is 13.3 Å². The summed E-state index contributed by atoms with van der Waals surface area (Å²) in [5.41, 5.74) is -0.305.